The number of hydrogen-bond acceptors (Lipinski definition) is 5. The third kappa shape index (κ3) is 3.44. The van der Waals surface area contributed by atoms with Crippen molar-refractivity contribution < 1.29 is 9.53 Å². The molecule has 2 aliphatic rings. The molecule has 2 saturated heterocycles. The summed E-state index contributed by atoms with van der Waals surface area (Å²) in [6, 6.07) is 7.06. The van der Waals surface area contributed by atoms with E-state index in [0.717, 1.165) is 23.4 Å². The van der Waals surface area contributed by atoms with Gasteiger partial charge in [0.15, 0.2) is 0 Å². The van der Waals surface area contributed by atoms with Crippen LogP contribution in [0.3, 0.4) is 0 Å². The van der Waals surface area contributed by atoms with E-state index < -0.39 is 0 Å². The molecule has 2 aromatic rings. The third-order valence-electron chi connectivity index (χ3n) is 4.61. The van der Waals surface area contributed by atoms with Gasteiger partial charge in [-0.3, -0.25) is 4.90 Å². The van der Waals surface area contributed by atoms with Gasteiger partial charge in [-0.15, -0.1) is 11.3 Å². The summed E-state index contributed by atoms with van der Waals surface area (Å²) in [7, 11) is 0. The van der Waals surface area contributed by atoms with Crippen LogP contribution in [0.5, 0.6) is 0 Å². The molecule has 4 nitrogen and oxygen atoms in total. The number of hydrogen-bond donors (Lipinski definition) is 1. The summed E-state index contributed by atoms with van der Waals surface area (Å²) in [6.07, 6.45) is 4.14. The number of rotatable bonds is 4. The first-order valence-electron chi connectivity index (χ1n) is 8.07. The van der Waals surface area contributed by atoms with Crippen molar-refractivity contribution >= 4 is 33.8 Å². The van der Waals surface area contributed by atoms with Gasteiger partial charge in [0.2, 0.25) is 0 Å². The molecule has 1 N–H and O–H groups in total. The summed E-state index contributed by atoms with van der Waals surface area (Å²) in [5, 5.41) is 10.6. The predicted octanol–water partition coefficient (Wildman–Crippen LogP) is 4.24. The zero-order chi connectivity index (χ0) is 15.6. The van der Waals surface area contributed by atoms with Crippen molar-refractivity contribution in [1.29, 1.82) is 0 Å². The maximum atomic E-state index is 12.8. The first-order chi connectivity index (χ1) is 11.3. The van der Waals surface area contributed by atoms with E-state index in [9.17, 15) is 4.79 Å². The molecule has 4 rings (SSSR count). The molecule has 122 valence electrons. The van der Waals surface area contributed by atoms with E-state index in [0.29, 0.717) is 18.6 Å². The molecular formula is C17H20N2O2S2. The molecule has 1 unspecified atom stereocenters. The summed E-state index contributed by atoms with van der Waals surface area (Å²) in [5.41, 5.74) is 1.14. The molecule has 23 heavy (non-hydrogen) atoms. The zero-order valence-corrected chi connectivity index (χ0v) is 14.4. The Morgan fingerprint density at radius 3 is 2.74 bits per heavy atom. The van der Waals surface area contributed by atoms with Crippen LogP contribution in [-0.2, 0) is 11.3 Å². The SMILES string of the molecule is O=C(OC1C[C@H]2CC[C@@H](C1)N2)N(Cc1ccsc1)c1cccs1. The molecule has 6 heteroatoms. The fourth-order valence-electron chi connectivity index (χ4n) is 3.53. The number of nitrogens with zero attached hydrogens (tertiary/aromatic N) is 1. The Balaban J connectivity index is 1.46. The molecule has 0 aromatic carbocycles. The molecule has 2 fully saturated rings. The quantitative estimate of drug-likeness (QED) is 0.899. The molecule has 0 saturated carbocycles. The van der Waals surface area contributed by atoms with E-state index >= 15 is 0 Å². The van der Waals surface area contributed by atoms with Crippen LogP contribution >= 0.6 is 22.7 Å². The first-order valence-corrected chi connectivity index (χ1v) is 9.89. The zero-order valence-electron chi connectivity index (χ0n) is 12.8. The van der Waals surface area contributed by atoms with Gasteiger partial charge in [-0.2, -0.15) is 11.3 Å². The Labute approximate surface area is 144 Å². The minimum absolute atomic E-state index is 0.0474. The average Bonchev–Trinajstić information content (AvgIpc) is 3.27. The second kappa shape index (κ2) is 6.63. The van der Waals surface area contributed by atoms with Crippen molar-refractivity contribution in [3.8, 4) is 0 Å². The molecule has 2 bridgehead atoms. The summed E-state index contributed by atoms with van der Waals surface area (Å²) in [6.45, 7) is 0.570. The largest absolute Gasteiger partial charge is 0.446 e. The van der Waals surface area contributed by atoms with Crippen molar-refractivity contribution in [3.05, 3.63) is 39.9 Å². The number of carbonyl (C=O) groups is 1. The van der Waals surface area contributed by atoms with Gasteiger partial charge >= 0.3 is 6.09 Å². The van der Waals surface area contributed by atoms with Crippen LogP contribution in [0.4, 0.5) is 9.80 Å². The maximum Gasteiger partial charge on any atom is 0.415 e. The predicted molar refractivity (Wildman–Crippen MR) is 94.3 cm³/mol. The van der Waals surface area contributed by atoms with E-state index in [4.69, 9.17) is 4.74 Å². The van der Waals surface area contributed by atoms with Crippen molar-refractivity contribution in [1.82, 2.24) is 5.32 Å². The van der Waals surface area contributed by atoms with Crippen molar-refractivity contribution in [2.24, 2.45) is 0 Å². The molecule has 0 spiro atoms. The van der Waals surface area contributed by atoms with Gasteiger partial charge in [-0.25, -0.2) is 4.79 Å². The molecule has 3 atom stereocenters. The van der Waals surface area contributed by atoms with Crippen LogP contribution in [0, 0.1) is 0 Å². The molecule has 4 heterocycles. The van der Waals surface area contributed by atoms with Gasteiger partial charge in [-0.05, 0) is 65.6 Å². The van der Waals surface area contributed by atoms with Gasteiger partial charge in [0, 0.05) is 12.1 Å². The molecule has 0 radical (unpaired) electrons. The number of piperidine rings is 1. The second-order valence-electron chi connectivity index (χ2n) is 6.28. The lowest BCUT2D eigenvalue weighted by atomic mass is 10.0. The van der Waals surface area contributed by atoms with E-state index in [1.807, 2.05) is 22.9 Å². The maximum absolute atomic E-state index is 12.8. The molecule has 1 amide bonds. The Morgan fingerprint density at radius 1 is 1.26 bits per heavy atom. The highest BCUT2D eigenvalue weighted by atomic mass is 32.1. The standard InChI is InChI=1S/C17H20N2O2S2/c20-17(21-15-8-13-3-4-14(9-15)18-13)19(16-2-1-6-23-16)10-12-5-7-22-11-12/h1-2,5-7,11,13-15,18H,3-4,8-10H2/t13-,14+,15?. The number of fused-ring (bicyclic) bond motifs is 2. The fraction of sp³-hybridized carbons (Fsp3) is 0.471. The van der Waals surface area contributed by atoms with E-state index in [2.05, 4.69) is 16.8 Å². The Hall–Kier alpha value is -1.37. The number of ether oxygens (including phenoxy) is 1. The lowest BCUT2D eigenvalue weighted by Crippen LogP contribution is -2.44. The summed E-state index contributed by atoms with van der Waals surface area (Å²) < 4.78 is 5.86. The van der Waals surface area contributed by atoms with Crippen LogP contribution in [0.15, 0.2) is 34.3 Å². The van der Waals surface area contributed by atoms with Crippen LogP contribution in [0.25, 0.3) is 0 Å². The van der Waals surface area contributed by atoms with Crippen LogP contribution < -0.4 is 10.2 Å². The van der Waals surface area contributed by atoms with Crippen molar-refractivity contribution in [3.63, 3.8) is 0 Å². The number of amides is 1. The van der Waals surface area contributed by atoms with E-state index in [1.54, 1.807) is 27.6 Å². The summed E-state index contributed by atoms with van der Waals surface area (Å²) in [4.78, 5) is 14.5. The molecular weight excluding hydrogens is 328 g/mol. The lowest BCUT2D eigenvalue weighted by Gasteiger charge is -2.30. The van der Waals surface area contributed by atoms with Crippen LogP contribution in [0.1, 0.15) is 31.2 Å². The third-order valence-corrected chi connectivity index (χ3v) is 6.23. The lowest BCUT2D eigenvalue weighted by molar-refractivity contribution is 0.0720. The van der Waals surface area contributed by atoms with Crippen LogP contribution in [-0.4, -0.2) is 24.3 Å². The first kappa shape index (κ1) is 15.2. The highest BCUT2D eigenvalue weighted by Gasteiger charge is 2.36. The smallest absolute Gasteiger partial charge is 0.415 e. The monoisotopic (exact) mass is 348 g/mol. The minimum atomic E-state index is -0.218. The molecule has 0 aliphatic carbocycles. The molecule has 2 aliphatic heterocycles. The van der Waals surface area contributed by atoms with Gasteiger partial charge in [0.05, 0.1) is 6.54 Å². The van der Waals surface area contributed by atoms with Crippen molar-refractivity contribution in [2.75, 3.05) is 4.90 Å². The Morgan fingerprint density at radius 2 is 2.09 bits per heavy atom. The van der Waals surface area contributed by atoms with Gasteiger partial charge in [0.1, 0.15) is 11.1 Å². The average molecular weight is 348 g/mol. The number of thiophene rings is 2. The minimum Gasteiger partial charge on any atom is -0.446 e. The number of nitrogens with one attached hydrogen (secondary N) is 1. The molecule has 2 aromatic heterocycles. The highest BCUT2D eigenvalue weighted by molar-refractivity contribution is 7.14. The summed E-state index contributed by atoms with van der Waals surface area (Å²) in [5.74, 6) is 0. The topological polar surface area (TPSA) is 41.6 Å². The van der Waals surface area contributed by atoms with Gasteiger partial charge in [-0.1, -0.05) is 0 Å². The normalized spacial score (nSPS) is 26.2. The van der Waals surface area contributed by atoms with Gasteiger partial charge in [0.25, 0.3) is 0 Å². The fourth-order valence-corrected chi connectivity index (χ4v) is 4.91. The van der Waals surface area contributed by atoms with E-state index in [-0.39, 0.29) is 12.2 Å². The van der Waals surface area contributed by atoms with E-state index in [1.165, 1.54) is 12.8 Å². The highest BCUT2D eigenvalue weighted by Crippen LogP contribution is 2.30. The van der Waals surface area contributed by atoms with Crippen molar-refractivity contribution in [2.45, 2.75) is 50.4 Å². The summed E-state index contributed by atoms with van der Waals surface area (Å²) >= 11 is 3.22. The van der Waals surface area contributed by atoms with Crippen LogP contribution in [0.2, 0.25) is 0 Å². The number of anilines is 1. The second-order valence-corrected chi connectivity index (χ2v) is 7.99. The number of carbonyl (C=O) groups excluding carboxylic acids is 1. The van der Waals surface area contributed by atoms with Gasteiger partial charge < -0.3 is 10.1 Å². The Bertz CT molecular complexity index is 630. The Kier molecular flexibility index (Phi) is 4.37.